The third-order valence-corrected chi connectivity index (χ3v) is 5.39. The molecular weight excluding hydrogens is 421 g/mol. The van der Waals surface area contributed by atoms with Crippen LogP contribution in [-0.2, 0) is 14.1 Å². The monoisotopic (exact) mass is 454 g/mol. The number of aryl methyl sites for hydroxylation is 2. The second kappa shape index (κ2) is 14.4. The summed E-state index contributed by atoms with van der Waals surface area (Å²) in [7, 11) is 3.92. The van der Waals surface area contributed by atoms with Crippen molar-refractivity contribution in [3.63, 3.8) is 0 Å². The van der Waals surface area contributed by atoms with Gasteiger partial charge >= 0.3 is 5.95 Å². The fourth-order valence-corrected chi connectivity index (χ4v) is 3.54. The fourth-order valence-electron chi connectivity index (χ4n) is 3.27. The highest BCUT2D eigenvalue weighted by atomic mass is 35.5. The molecule has 9 heteroatoms. The number of aromatic nitrogens is 2. The first kappa shape index (κ1) is 24.6. The Balaban J connectivity index is 1.95. The summed E-state index contributed by atoms with van der Waals surface area (Å²) in [5, 5.41) is 8.76. The number of nitrogens with one attached hydrogen (secondary N) is 2. The molecule has 0 aliphatic carbocycles. The number of rotatable bonds is 15. The number of unbranched alkanes of at least 4 members (excludes halogenated alkanes) is 4. The number of imidazole rings is 1. The Morgan fingerprint density at radius 2 is 1.50 bits per heavy atom. The predicted molar refractivity (Wildman–Crippen MR) is 125 cm³/mol. The number of benzene rings is 1. The number of hydrogen-bond donors (Lipinski definition) is 2. The van der Waals surface area contributed by atoms with Gasteiger partial charge in [0, 0.05) is 37.0 Å². The van der Waals surface area contributed by atoms with Gasteiger partial charge in [-0.25, -0.2) is 18.8 Å². The van der Waals surface area contributed by atoms with Crippen molar-refractivity contribution >= 4 is 40.9 Å². The minimum absolute atomic E-state index is 0.804. The van der Waals surface area contributed by atoms with E-state index in [0.717, 1.165) is 76.3 Å². The quantitative estimate of drug-likeness (QED) is 0.174. The van der Waals surface area contributed by atoms with E-state index in [9.17, 15) is 0 Å². The van der Waals surface area contributed by atoms with Crippen LogP contribution in [0.1, 0.15) is 38.5 Å². The van der Waals surface area contributed by atoms with E-state index in [2.05, 4.69) is 36.9 Å². The molecule has 1 aromatic carbocycles. The van der Waals surface area contributed by atoms with Gasteiger partial charge in [0.25, 0.3) is 0 Å². The van der Waals surface area contributed by atoms with Crippen molar-refractivity contribution in [1.82, 2.24) is 14.2 Å². The molecule has 0 amide bonds. The van der Waals surface area contributed by atoms with Crippen molar-refractivity contribution in [3.8, 4) is 0 Å². The Kier molecular flexibility index (Phi) is 11.8. The Bertz CT molecular complexity index is 713. The van der Waals surface area contributed by atoms with Crippen molar-refractivity contribution in [1.29, 1.82) is 0 Å². The molecule has 166 valence electrons. The Morgan fingerprint density at radius 3 is 2.00 bits per heavy atom. The number of azo groups is 1. The second-order valence-electron chi connectivity index (χ2n) is 7.41. The molecular formula is C21H34Cl2N7+. The van der Waals surface area contributed by atoms with Gasteiger partial charge in [0.05, 0.1) is 26.5 Å². The zero-order valence-corrected chi connectivity index (χ0v) is 19.5. The minimum Gasteiger partial charge on any atom is -0.372 e. The molecule has 0 aliphatic rings. The Hall–Kier alpha value is -1.67. The normalized spacial score (nSPS) is 11.5. The molecule has 0 saturated heterocycles. The molecule has 0 saturated carbocycles. The zero-order valence-electron chi connectivity index (χ0n) is 18.0. The molecule has 1 aromatic heterocycles. The average molecular weight is 455 g/mol. The van der Waals surface area contributed by atoms with Gasteiger partial charge in [-0.05, 0) is 73.5 Å². The summed E-state index contributed by atoms with van der Waals surface area (Å²) in [6.45, 7) is 3.78. The van der Waals surface area contributed by atoms with Gasteiger partial charge in [-0.3, -0.25) is 0 Å². The van der Waals surface area contributed by atoms with E-state index in [1.165, 1.54) is 5.69 Å². The van der Waals surface area contributed by atoms with Crippen LogP contribution in [0.5, 0.6) is 0 Å². The first-order valence-corrected chi connectivity index (χ1v) is 11.4. The van der Waals surface area contributed by atoms with Gasteiger partial charge in [-0.2, -0.15) is 0 Å². The summed E-state index contributed by atoms with van der Waals surface area (Å²) in [4.78, 5) is 7.85. The number of anilines is 1. The first-order valence-electron chi connectivity index (χ1n) is 10.6. The van der Waals surface area contributed by atoms with E-state index in [1.807, 2.05) is 47.8 Å². The fraction of sp³-hybridized carbons (Fsp3) is 0.571. The lowest BCUT2D eigenvalue weighted by Crippen LogP contribution is -2.26. The predicted octanol–water partition coefficient (Wildman–Crippen LogP) is 4.90. The first-order chi connectivity index (χ1) is 14.7. The molecule has 30 heavy (non-hydrogen) atoms. The second-order valence-corrected chi connectivity index (χ2v) is 7.95. The largest absolute Gasteiger partial charge is 0.421 e. The van der Waals surface area contributed by atoms with Crippen LogP contribution in [0.4, 0.5) is 17.3 Å². The van der Waals surface area contributed by atoms with Crippen LogP contribution < -0.4 is 19.1 Å². The number of halogens is 2. The van der Waals surface area contributed by atoms with E-state index >= 15 is 0 Å². The lowest BCUT2D eigenvalue weighted by atomic mass is 10.1. The van der Waals surface area contributed by atoms with Crippen LogP contribution in [0.2, 0.25) is 0 Å². The molecule has 0 atom stereocenters. The lowest BCUT2D eigenvalue weighted by Gasteiger charge is -2.25. The van der Waals surface area contributed by atoms with E-state index < -0.39 is 0 Å². The van der Waals surface area contributed by atoms with Crippen LogP contribution in [0.25, 0.3) is 0 Å². The van der Waals surface area contributed by atoms with Crippen LogP contribution in [0, 0.1) is 0 Å². The standard InChI is InChI=1S/C21H34Cl2N7/c1-28-17-18-29(2)21(28)27-26-19-9-11-20(12-10-19)30(15-7-3-5-13-24-22)16-8-4-6-14-25-23/h9-12,17-18,24-25H,3-8,13-16H2,1-2H3/q+1. The van der Waals surface area contributed by atoms with E-state index in [0.29, 0.717) is 0 Å². The number of hydrogen-bond acceptors (Lipinski definition) is 5. The Morgan fingerprint density at radius 1 is 0.900 bits per heavy atom. The molecule has 1 heterocycles. The topological polar surface area (TPSA) is 60.8 Å². The lowest BCUT2D eigenvalue weighted by molar-refractivity contribution is -0.657. The molecule has 2 aromatic rings. The SMILES string of the molecule is Cn1cc[n+](C)c1N=Nc1ccc(N(CCCCCNCl)CCCCCNCl)cc1. The van der Waals surface area contributed by atoms with Gasteiger partial charge in [0.1, 0.15) is 5.69 Å². The van der Waals surface area contributed by atoms with E-state index in [1.54, 1.807) is 0 Å². The molecule has 0 bridgehead atoms. The highest BCUT2D eigenvalue weighted by molar-refractivity contribution is 6.13. The Labute approximate surface area is 190 Å². The summed E-state index contributed by atoms with van der Waals surface area (Å²) in [5.41, 5.74) is 2.07. The minimum atomic E-state index is 0.804. The highest BCUT2D eigenvalue weighted by Crippen LogP contribution is 2.22. The molecule has 0 radical (unpaired) electrons. The van der Waals surface area contributed by atoms with Crippen LogP contribution in [0.15, 0.2) is 46.9 Å². The molecule has 0 unspecified atom stereocenters. The maximum absolute atomic E-state index is 5.55. The van der Waals surface area contributed by atoms with Gasteiger partial charge in [0.2, 0.25) is 0 Å². The van der Waals surface area contributed by atoms with Crippen molar-refractivity contribution < 1.29 is 4.57 Å². The average Bonchev–Trinajstić information content (AvgIpc) is 3.08. The molecule has 2 rings (SSSR count). The summed E-state index contributed by atoms with van der Waals surface area (Å²) in [6.07, 6.45) is 10.7. The smallest absolute Gasteiger partial charge is 0.372 e. The van der Waals surface area contributed by atoms with Crippen molar-refractivity contribution in [2.75, 3.05) is 31.1 Å². The number of nitrogens with zero attached hydrogens (tertiary/aromatic N) is 5. The van der Waals surface area contributed by atoms with Crippen LogP contribution in [0.3, 0.4) is 0 Å². The third kappa shape index (κ3) is 8.60. The van der Waals surface area contributed by atoms with Crippen LogP contribution >= 0.6 is 23.6 Å². The molecule has 0 aliphatic heterocycles. The van der Waals surface area contributed by atoms with E-state index in [4.69, 9.17) is 23.6 Å². The van der Waals surface area contributed by atoms with Crippen molar-refractivity contribution in [2.45, 2.75) is 38.5 Å². The van der Waals surface area contributed by atoms with Gasteiger partial charge in [0.15, 0.2) is 0 Å². The van der Waals surface area contributed by atoms with Crippen molar-refractivity contribution in [3.05, 3.63) is 36.7 Å². The maximum atomic E-state index is 5.55. The summed E-state index contributed by atoms with van der Waals surface area (Å²) in [6, 6.07) is 8.34. The summed E-state index contributed by atoms with van der Waals surface area (Å²) < 4.78 is 3.89. The van der Waals surface area contributed by atoms with Gasteiger partial charge in [-0.15, -0.1) is 0 Å². The maximum Gasteiger partial charge on any atom is 0.421 e. The summed E-state index contributed by atoms with van der Waals surface area (Å²) >= 11 is 11.1. The van der Waals surface area contributed by atoms with E-state index in [-0.39, 0.29) is 0 Å². The zero-order chi connectivity index (χ0) is 21.6. The van der Waals surface area contributed by atoms with Crippen molar-refractivity contribution in [2.24, 2.45) is 24.3 Å². The molecule has 0 fully saturated rings. The molecule has 2 N–H and O–H groups in total. The molecule has 0 spiro atoms. The van der Waals surface area contributed by atoms with Crippen LogP contribution in [-0.4, -0.2) is 30.7 Å². The van der Waals surface area contributed by atoms with Gasteiger partial charge in [-0.1, -0.05) is 18.0 Å². The summed E-state index contributed by atoms with van der Waals surface area (Å²) in [5.74, 6) is 0.804. The van der Waals surface area contributed by atoms with Gasteiger partial charge < -0.3 is 4.90 Å². The molecule has 7 nitrogen and oxygen atoms in total. The highest BCUT2D eigenvalue weighted by Gasteiger charge is 2.11. The third-order valence-electron chi connectivity index (χ3n) is 5.01.